The summed E-state index contributed by atoms with van der Waals surface area (Å²) in [7, 11) is 4.89. The summed E-state index contributed by atoms with van der Waals surface area (Å²) in [5.41, 5.74) is 3.38. The minimum atomic E-state index is -4.35. The second-order valence-electron chi connectivity index (χ2n) is 11.7. The lowest BCUT2D eigenvalue weighted by Crippen LogP contribution is -2.35. The summed E-state index contributed by atoms with van der Waals surface area (Å²) < 4.78 is 61.2. The zero-order chi connectivity index (χ0) is 30.9. The van der Waals surface area contributed by atoms with E-state index in [2.05, 4.69) is 29.7 Å². The molecule has 0 bridgehead atoms. The summed E-state index contributed by atoms with van der Waals surface area (Å²) in [6.45, 7) is 15.3. The van der Waals surface area contributed by atoms with Crippen molar-refractivity contribution in [2.45, 2.75) is 78.1 Å². The standard InChI is InChI=1S/C17H24F3NO.C16H25NO3/c1-12(2)16-13(11-21-7-5-4-6-8-21)9-14(17(18,19)20)10-15(16)22-3;1-12(2)15-14(18-3)6-5-13(16(15)19-4)11-17-7-9-20-10-8-17/h9-10,12H,4-8,11H2,1-3H3;5-6,12H,7-11H2,1-4H3. The van der Waals surface area contributed by atoms with Crippen LogP contribution in [0, 0.1) is 0 Å². The summed E-state index contributed by atoms with van der Waals surface area (Å²) in [5.74, 6) is 2.70. The predicted octanol–water partition coefficient (Wildman–Crippen LogP) is 7.48. The number of morpholine rings is 1. The van der Waals surface area contributed by atoms with Gasteiger partial charge in [-0.25, -0.2) is 0 Å². The third kappa shape index (κ3) is 9.01. The maximum absolute atomic E-state index is 13.1. The van der Waals surface area contributed by atoms with E-state index in [1.165, 1.54) is 25.2 Å². The highest BCUT2D eigenvalue weighted by Crippen LogP contribution is 2.39. The predicted molar refractivity (Wildman–Crippen MR) is 161 cm³/mol. The van der Waals surface area contributed by atoms with E-state index in [4.69, 9.17) is 18.9 Å². The normalized spacial score (nSPS) is 16.8. The quantitative estimate of drug-likeness (QED) is 0.300. The Balaban J connectivity index is 0.000000231. The van der Waals surface area contributed by atoms with Gasteiger partial charge in [0.05, 0.1) is 40.1 Å². The molecule has 0 amide bonds. The molecule has 9 heteroatoms. The number of alkyl halides is 3. The topological polar surface area (TPSA) is 43.4 Å². The highest BCUT2D eigenvalue weighted by molar-refractivity contribution is 5.52. The van der Waals surface area contributed by atoms with E-state index < -0.39 is 11.7 Å². The fraction of sp³-hybridized carbons (Fsp3) is 0.636. The summed E-state index contributed by atoms with van der Waals surface area (Å²) >= 11 is 0. The summed E-state index contributed by atoms with van der Waals surface area (Å²) in [5, 5.41) is 0. The van der Waals surface area contributed by atoms with Crippen LogP contribution in [0.1, 0.15) is 86.6 Å². The number of benzene rings is 2. The molecule has 0 aromatic heterocycles. The third-order valence-corrected chi connectivity index (χ3v) is 7.93. The molecular weight excluding hydrogens is 545 g/mol. The van der Waals surface area contributed by atoms with Crippen molar-refractivity contribution in [3.8, 4) is 17.2 Å². The molecule has 0 N–H and O–H groups in total. The van der Waals surface area contributed by atoms with Gasteiger partial charge < -0.3 is 18.9 Å². The Labute approximate surface area is 250 Å². The van der Waals surface area contributed by atoms with Crippen molar-refractivity contribution in [1.82, 2.24) is 9.80 Å². The van der Waals surface area contributed by atoms with E-state index in [-0.39, 0.29) is 5.92 Å². The van der Waals surface area contributed by atoms with Crippen molar-refractivity contribution in [2.75, 3.05) is 60.7 Å². The first-order valence-electron chi connectivity index (χ1n) is 15.0. The van der Waals surface area contributed by atoms with Crippen LogP contribution in [0.25, 0.3) is 0 Å². The Morgan fingerprint density at radius 1 is 0.714 bits per heavy atom. The van der Waals surface area contributed by atoms with Crippen molar-refractivity contribution in [2.24, 2.45) is 0 Å². The number of methoxy groups -OCH3 is 3. The van der Waals surface area contributed by atoms with Crippen molar-refractivity contribution in [3.63, 3.8) is 0 Å². The molecule has 0 radical (unpaired) electrons. The van der Waals surface area contributed by atoms with Crippen LogP contribution in [-0.2, 0) is 24.0 Å². The molecule has 0 unspecified atom stereocenters. The van der Waals surface area contributed by atoms with Gasteiger partial charge in [0.2, 0.25) is 0 Å². The fourth-order valence-electron chi connectivity index (χ4n) is 5.88. The first-order valence-corrected chi connectivity index (χ1v) is 15.0. The maximum atomic E-state index is 13.1. The molecule has 0 spiro atoms. The lowest BCUT2D eigenvalue weighted by molar-refractivity contribution is -0.137. The van der Waals surface area contributed by atoms with E-state index in [0.29, 0.717) is 18.2 Å². The molecule has 0 aliphatic carbocycles. The van der Waals surface area contributed by atoms with Gasteiger partial charge in [-0.05, 0) is 61.5 Å². The van der Waals surface area contributed by atoms with Gasteiger partial charge in [0.15, 0.2) is 0 Å². The molecule has 0 saturated carbocycles. The minimum Gasteiger partial charge on any atom is -0.496 e. The molecule has 42 heavy (non-hydrogen) atoms. The van der Waals surface area contributed by atoms with Gasteiger partial charge in [-0.3, -0.25) is 9.80 Å². The third-order valence-electron chi connectivity index (χ3n) is 7.93. The van der Waals surface area contributed by atoms with E-state index in [9.17, 15) is 13.2 Å². The maximum Gasteiger partial charge on any atom is 0.416 e. The van der Waals surface area contributed by atoms with Crippen LogP contribution in [0.4, 0.5) is 13.2 Å². The number of rotatable bonds is 9. The molecule has 2 aliphatic rings. The number of nitrogens with zero attached hydrogens (tertiary/aromatic N) is 2. The largest absolute Gasteiger partial charge is 0.496 e. The lowest BCUT2D eigenvalue weighted by Gasteiger charge is -2.29. The average Bonchev–Trinajstić information content (AvgIpc) is 2.97. The van der Waals surface area contributed by atoms with Crippen molar-refractivity contribution in [3.05, 3.63) is 52.1 Å². The molecule has 6 nitrogen and oxygen atoms in total. The van der Waals surface area contributed by atoms with Gasteiger partial charge in [0.25, 0.3) is 0 Å². The van der Waals surface area contributed by atoms with E-state index >= 15 is 0 Å². The number of hydrogen-bond donors (Lipinski definition) is 0. The van der Waals surface area contributed by atoms with Gasteiger partial charge in [0, 0.05) is 42.9 Å². The lowest BCUT2D eigenvalue weighted by atomic mass is 9.93. The van der Waals surface area contributed by atoms with Gasteiger partial charge in [0.1, 0.15) is 17.2 Å². The molecule has 236 valence electrons. The minimum absolute atomic E-state index is 0.122. The number of halogens is 3. The van der Waals surface area contributed by atoms with Gasteiger partial charge in [-0.1, -0.05) is 40.2 Å². The molecule has 2 fully saturated rings. The Bertz CT molecular complexity index is 1130. The van der Waals surface area contributed by atoms with E-state index in [0.717, 1.165) is 93.0 Å². The van der Waals surface area contributed by atoms with Crippen molar-refractivity contribution >= 4 is 0 Å². The molecular formula is C33H49F3N2O4. The molecule has 4 rings (SSSR count). The first-order chi connectivity index (χ1) is 20.0. The number of ether oxygens (including phenoxy) is 4. The summed E-state index contributed by atoms with van der Waals surface area (Å²) in [6, 6.07) is 6.58. The van der Waals surface area contributed by atoms with Crippen LogP contribution in [0.3, 0.4) is 0 Å². The highest BCUT2D eigenvalue weighted by atomic mass is 19.4. The Kier molecular flexibility index (Phi) is 12.8. The first kappa shape index (κ1) is 34.0. The van der Waals surface area contributed by atoms with Crippen LogP contribution < -0.4 is 14.2 Å². The van der Waals surface area contributed by atoms with Crippen LogP contribution >= 0.6 is 0 Å². The summed E-state index contributed by atoms with van der Waals surface area (Å²) in [4.78, 5) is 4.64. The molecule has 2 heterocycles. The number of likely N-dealkylation sites (tertiary alicyclic amines) is 1. The van der Waals surface area contributed by atoms with Crippen LogP contribution in [0.5, 0.6) is 17.2 Å². The van der Waals surface area contributed by atoms with Gasteiger partial charge >= 0.3 is 6.18 Å². The van der Waals surface area contributed by atoms with E-state index in [1.807, 2.05) is 19.9 Å². The zero-order valence-corrected chi connectivity index (χ0v) is 26.4. The Morgan fingerprint density at radius 3 is 1.81 bits per heavy atom. The molecule has 2 saturated heterocycles. The fourth-order valence-corrected chi connectivity index (χ4v) is 5.88. The van der Waals surface area contributed by atoms with Crippen molar-refractivity contribution in [1.29, 1.82) is 0 Å². The van der Waals surface area contributed by atoms with Crippen LogP contribution in [0.2, 0.25) is 0 Å². The van der Waals surface area contributed by atoms with Gasteiger partial charge in [-0.2, -0.15) is 13.2 Å². The van der Waals surface area contributed by atoms with E-state index in [1.54, 1.807) is 14.2 Å². The molecule has 2 aliphatic heterocycles. The number of hydrogen-bond acceptors (Lipinski definition) is 6. The monoisotopic (exact) mass is 594 g/mol. The number of piperidine rings is 1. The second-order valence-corrected chi connectivity index (χ2v) is 11.7. The zero-order valence-electron chi connectivity index (χ0n) is 26.4. The average molecular weight is 595 g/mol. The highest BCUT2D eigenvalue weighted by Gasteiger charge is 2.33. The Morgan fingerprint density at radius 2 is 1.29 bits per heavy atom. The summed E-state index contributed by atoms with van der Waals surface area (Å²) in [6.07, 6.45) is -0.904. The molecule has 2 aromatic carbocycles. The second kappa shape index (κ2) is 15.8. The SMILES string of the molecule is COc1cc(C(F)(F)F)cc(CN2CCCCC2)c1C(C)C.COc1ccc(CN2CCOCC2)c(OC)c1C(C)C. The smallest absolute Gasteiger partial charge is 0.416 e. The molecule has 2 aromatic rings. The van der Waals surface area contributed by atoms with Crippen LogP contribution in [0.15, 0.2) is 24.3 Å². The van der Waals surface area contributed by atoms with Crippen molar-refractivity contribution < 1.29 is 32.1 Å². The van der Waals surface area contributed by atoms with Gasteiger partial charge in [-0.15, -0.1) is 0 Å². The molecule has 0 atom stereocenters. The van der Waals surface area contributed by atoms with Crippen LogP contribution in [-0.4, -0.2) is 70.5 Å². The Hall–Kier alpha value is -2.49.